The van der Waals surface area contributed by atoms with Crippen molar-refractivity contribution in [2.75, 3.05) is 7.05 Å². The molecule has 1 aromatic carbocycles. The van der Waals surface area contributed by atoms with Crippen molar-refractivity contribution < 1.29 is 8.78 Å². The third-order valence-electron chi connectivity index (χ3n) is 3.95. The summed E-state index contributed by atoms with van der Waals surface area (Å²) in [6.07, 6.45) is 6.92. The van der Waals surface area contributed by atoms with Gasteiger partial charge in [-0.25, -0.2) is 8.78 Å². The summed E-state index contributed by atoms with van der Waals surface area (Å²) in [7, 11) is 2.00. The highest BCUT2D eigenvalue weighted by atomic mass is 19.2. The minimum Gasteiger partial charge on any atom is -0.317 e. The van der Waals surface area contributed by atoms with Crippen LogP contribution in [-0.2, 0) is 6.42 Å². The van der Waals surface area contributed by atoms with Crippen molar-refractivity contribution in [3.63, 3.8) is 0 Å². The summed E-state index contributed by atoms with van der Waals surface area (Å²) in [6.45, 7) is 0. The van der Waals surface area contributed by atoms with Gasteiger partial charge in [-0.15, -0.1) is 0 Å². The fourth-order valence-electron chi connectivity index (χ4n) is 2.91. The van der Waals surface area contributed by atoms with Gasteiger partial charge in [0, 0.05) is 6.04 Å². The van der Waals surface area contributed by atoms with E-state index >= 15 is 0 Å². The van der Waals surface area contributed by atoms with Crippen LogP contribution in [0.25, 0.3) is 0 Å². The van der Waals surface area contributed by atoms with Crippen molar-refractivity contribution in [3.8, 4) is 0 Å². The van der Waals surface area contributed by atoms with Crippen LogP contribution < -0.4 is 5.32 Å². The molecule has 3 heteroatoms. The Morgan fingerprint density at radius 3 is 2.67 bits per heavy atom. The molecule has 0 bridgehead atoms. The molecule has 18 heavy (non-hydrogen) atoms. The Labute approximate surface area is 108 Å². The Bertz CT molecular complexity index is 392. The van der Waals surface area contributed by atoms with Crippen LogP contribution in [-0.4, -0.2) is 13.1 Å². The molecule has 0 spiro atoms. The summed E-state index contributed by atoms with van der Waals surface area (Å²) >= 11 is 0. The first-order valence-electron chi connectivity index (χ1n) is 6.80. The zero-order valence-electron chi connectivity index (χ0n) is 10.9. The molecule has 0 heterocycles. The number of rotatable bonds is 3. The van der Waals surface area contributed by atoms with E-state index in [4.69, 9.17) is 0 Å². The van der Waals surface area contributed by atoms with Crippen LogP contribution in [0.4, 0.5) is 8.78 Å². The van der Waals surface area contributed by atoms with E-state index in [0.29, 0.717) is 12.0 Å². The molecule has 2 unspecified atom stereocenters. The summed E-state index contributed by atoms with van der Waals surface area (Å²) in [5.41, 5.74) is 0.913. The largest absolute Gasteiger partial charge is 0.317 e. The Kier molecular flexibility index (Phi) is 4.70. The smallest absolute Gasteiger partial charge is 0.159 e. The Morgan fingerprint density at radius 2 is 1.94 bits per heavy atom. The summed E-state index contributed by atoms with van der Waals surface area (Å²) in [4.78, 5) is 0. The SMILES string of the molecule is CNC1CCCCC(Cc2ccc(F)c(F)c2)C1. The third-order valence-corrected chi connectivity index (χ3v) is 3.95. The first-order valence-corrected chi connectivity index (χ1v) is 6.80. The zero-order valence-corrected chi connectivity index (χ0v) is 10.9. The molecule has 0 saturated heterocycles. The van der Waals surface area contributed by atoms with E-state index in [1.54, 1.807) is 6.07 Å². The normalized spacial score (nSPS) is 24.8. The molecule has 1 nitrogen and oxygen atoms in total. The molecule has 0 aromatic heterocycles. The van der Waals surface area contributed by atoms with Gasteiger partial charge < -0.3 is 5.32 Å². The topological polar surface area (TPSA) is 12.0 Å². The molecule has 2 atom stereocenters. The highest BCUT2D eigenvalue weighted by Crippen LogP contribution is 2.26. The first-order chi connectivity index (χ1) is 8.69. The predicted octanol–water partition coefficient (Wildman–Crippen LogP) is 3.68. The average Bonchev–Trinajstić information content (AvgIpc) is 2.59. The maximum atomic E-state index is 13.2. The van der Waals surface area contributed by atoms with E-state index in [1.807, 2.05) is 7.05 Å². The Hall–Kier alpha value is -0.960. The van der Waals surface area contributed by atoms with Gasteiger partial charge in [0.05, 0.1) is 0 Å². The molecule has 1 N–H and O–H groups in total. The van der Waals surface area contributed by atoms with Gasteiger partial charge in [0.1, 0.15) is 0 Å². The molecule has 2 rings (SSSR count). The summed E-state index contributed by atoms with van der Waals surface area (Å²) < 4.78 is 26.0. The van der Waals surface area contributed by atoms with Crippen molar-refractivity contribution in [2.24, 2.45) is 5.92 Å². The minimum absolute atomic E-state index is 0.572. The second kappa shape index (κ2) is 6.28. The lowest BCUT2D eigenvalue weighted by Crippen LogP contribution is -2.26. The highest BCUT2D eigenvalue weighted by molar-refractivity contribution is 5.18. The second-order valence-corrected chi connectivity index (χ2v) is 5.32. The predicted molar refractivity (Wildman–Crippen MR) is 69.5 cm³/mol. The van der Waals surface area contributed by atoms with Crippen LogP contribution in [0.1, 0.15) is 37.7 Å². The number of hydrogen-bond acceptors (Lipinski definition) is 1. The number of halogens is 2. The molecule has 0 aliphatic heterocycles. The van der Waals surface area contributed by atoms with Crippen molar-refractivity contribution >= 4 is 0 Å². The molecule has 100 valence electrons. The van der Waals surface area contributed by atoms with Crippen molar-refractivity contribution in [1.29, 1.82) is 0 Å². The van der Waals surface area contributed by atoms with Crippen LogP contribution in [0.2, 0.25) is 0 Å². The molecule has 1 saturated carbocycles. The second-order valence-electron chi connectivity index (χ2n) is 5.32. The standard InChI is InChI=1S/C15H21F2N/c1-18-13-5-3-2-4-11(9-13)8-12-6-7-14(16)15(17)10-12/h6-7,10-11,13,18H,2-5,8-9H2,1H3. The van der Waals surface area contributed by atoms with Gasteiger partial charge in [-0.1, -0.05) is 25.3 Å². The van der Waals surface area contributed by atoms with E-state index in [1.165, 1.54) is 37.8 Å². The van der Waals surface area contributed by atoms with E-state index < -0.39 is 11.6 Å². The minimum atomic E-state index is -0.757. The number of benzene rings is 1. The Morgan fingerprint density at radius 1 is 1.17 bits per heavy atom. The van der Waals surface area contributed by atoms with E-state index in [2.05, 4.69) is 5.32 Å². The molecule has 0 amide bonds. The van der Waals surface area contributed by atoms with Crippen LogP contribution in [0.15, 0.2) is 18.2 Å². The van der Waals surface area contributed by atoms with E-state index in [-0.39, 0.29) is 0 Å². The van der Waals surface area contributed by atoms with Crippen molar-refractivity contribution in [2.45, 2.75) is 44.6 Å². The van der Waals surface area contributed by atoms with Gasteiger partial charge in [-0.2, -0.15) is 0 Å². The number of nitrogens with one attached hydrogen (secondary N) is 1. The molecule has 1 aliphatic carbocycles. The number of hydrogen-bond donors (Lipinski definition) is 1. The molecule has 1 aromatic rings. The zero-order chi connectivity index (χ0) is 13.0. The quantitative estimate of drug-likeness (QED) is 0.810. The van der Waals surface area contributed by atoms with Crippen molar-refractivity contribution in [1.82, 2.24) is 5.32 Å². The molecular weight excluding hydrogens is 232 g/mol. The molecule has 0 radical (unpaired) electrons. The summed E-state index contributed by atoms with van der Waals surface area (Å²) in [6, 6.07) is 4.85. The van der Waals surface area contributed by atoms with Crippen LogP contribution in [0.5, 0.6) is 0 Å². The monoisotopic (exact) mass is 253 g/mol. The lowest BCUT2D eigenvalue weighted by molar-refractivity contribution is 0.399. The molecular formula is C15H21F2N. The van der Waals surface area contributed by atoms with E-state index in [0.717, 1.165) is 18.4 Å². The summed E-state index contributed by atoms with van der Waals surface area (Å²) in [5.74, 6) is -0.909. The van der Waals surface area contributed by atoms with E-state index in [9.17, 15) is 8.78 Å². The molecule has 1 fully saturated rings. The summed E-state index contributed by atoms with van der Waals surface area (Å²) in [5, 5.41) is 3.35. The maximum Gasteiger partial charge on any atom is 0.159 e. The fourth-order valence-corrected chi connectivity index (χ4v) is 2.91. The van der Waals surface area contributed by atoms with Gasteiger partial charge >= 0.3 is 0 Å². The molecule has 1 aliphatic rings. The first kappa shape index (κ1) is 13.5. The van der Waals surface area contributed by atoms with Gasteiger partial charge in [-0.3, -0.25) is 0 Å². The lowest BCUT2D eigenvalue weighted by atomic mass is 9.91. The van der Waals surface area contributed by atoms with Gasteiger partial charge in [0.25, 0.3) is 0 Å². The van der Waals surface area contributed by atoms with Crippen LogP contribution in [0.3, 0.4) is 0 Å². The van der Waals surface area contributed by atoms with Crippen LogP contribution in [0, 0.1) is 17.6 Å². The van der Waals surface area contributed by atoms with Gasteiger partial charge in [-0.05, 0) is 49.9 Å². The average molecular weight is 253 g/mol. The van der Waals surface area contributed by atoms with Crippen LogP contribution >= 0.6 is 0 Å². The van der Waals surface area contributed by atoms with Gasteiger partial charge in [0.15, 0.2) is 11.6 Å². The highest BCUT2D eigenvalue weighted by Gasteiger charge is 2.19. The van der Waals surface area contributed by atoms with Gasteiger partial charge in [0.2, 0.25) is 0 Å². The maximum absolute atomic E-state index is 13.2. The third kappa shape index (κ3) is 3.52. The lowest BCUT2D eigenvalue weighted by Gasteiger charge is -2.19. The Balaban J connectivity index is 2.00. The fraction of sp³-hybridized carbons (Fsp3) is 0.600. The van der Waals surface area contributed by atoms with Crippen molar-refractivity contribution in [3.05, 3.63) is 35.4 Å².